The van der Waals surface area contributed by atoms with Crippen LogP contribution in [0.15, 0.2) is 0 Å². The maximum Gasteiger partial charge on any atom is 0.0621 e. The van der Waals surface area contributed by atoms with E-state index in [1.54, 1.807) is 0 Å². The van der Waals surface area contributed by atoms with Gasteiger partial charge in [-0.25, -0.2) is 0 Å². The minimum absolute atomic E-state index is 0.727. The summed E-state index contributed by atoms with van der Waals surface area (Å²) < 4.78 is 0. The smallest absolute Gasteiger partial charge is 0.0621 e. The van der Waals surface area contributed by atoms with Crippen LogP contribution < -0.4 is 5.32 Å². The summed E-state index contributed by atoms with van der Waals surface area (Å²) in [4.78, 5) is 0. The first kappa shape index (κ1) is 9.54. The number of hydrogen-bond acceptors (Lipinski definition) is 2. The Morgan fingerprint density at radius 2 is 2.17 bits per heavy atom. The molecule has 1 saturated heterocycles. The quantitative estimate of drug-likeness (QED) is 0.695. The van der Waals surface area contributed by atoms with Crippen molar-refractivity contribution in [2.75, 3.05) is 13.1 Å². The maximum absolute atomic E-state index is 8.45. The standard InChI is InChI=1S/C10H18N2/c1-9(3-2-6-11)10-4-7-12-8-5-10/h9-10,12H,2-5,7-8H2,1H3. The Morgan fingerprint density at radius 1 is 1.50 bits per heavy atom. The third kappa shape index (κ3) is 2.83. The van der Waals surface area contributed by atoms with Gasteiger partial charge in [0.1, 0.15) is 0 Å². The van der Waals surface area contributed by atoms with Gasteiger partial charge in [0.05, 0.1) is 6.07 Å². The summed E-state index contributed by atoms with van der Waals surface area (Å²) in [6, 6.07) is 2.22. The van der Waals surface area contributed by atoms with E-state index in [0.717, 1.165) is 24.7 Å². The van der Waals surface area contributed by atoms with Gasteiger partial charge in [-0.05, 0) is 44.2 Å². The van der Waals surface area contributed by atoms with Crippen LogP contribution in [0, 0.1) is 23.2 Å². The van der Waals surface area contributed by atoms with Gasteiger partial charge in [-0.3, -0.25) is 0 Å². The summed E-state index contributed by atoms with van der Waals surface area (Å²) >= 11 is 0. The first-order valence-electron chi connectivity index (χ1n) is 4.92. The van der Waals surface area contributed by atoms with Crippen molar-refractivity contribution in [1.82, 2.24) is 5.32 Å². The summed E-state index contributed by atoms with van der Waals surface area (Å²) in [6.45, 7) is 4.62. The van der Waals surface area contributed by atoms with Crippen LogP contribution in [0.25, 0.3) is 0 Å². The normalized spacial score (nSPS) is 21.7. The van der Waals surface area contributed by atoms with Gasteiger partial charge in [0, 0.05) is 6.42 Å². The molecule has 0 aliphatic carbocycles. The third-order valence-electron chi connectivity index (χ3n) is 2.90. The van der Waals surface area contributed by atoms with E-state index in [2.05, 4.69) is 18.3 Å². The van der Waals surface area contributed by atoms with Gasteiger partial charge in [0.25, 0.3) is 0 Å². The second-order valence-electron chi connectivity index (χ2n) is 3.76. The van der Waals surface area contributed by atoms with Crippen molar-refractivity contribution >= 4 is 0 Å². The van der Waals surface area contributed by atoms with Crippen molar-refractivity contribution in [3.8, 4) is 6.07 Å². The van der Waals surface area contributed by atoms with Crippen LogP contribution in [0.5, 0.6) is 0 Å². The van der Waals surface area contributed by atoms with Gasteiger partial charge in [0.15, 0.2) is 0 Å². The number of hydrogen-bond donors (Lipinski definition) is 1. The molecule has 0 aromatic rings. The fraction of sp³-hybridized carbons (Fsp3) is 0.900. The molecule has 0 saturated carbocycles. The largest absolute Gasteiger partial charge is 0.317 e. The molecule has 68 valence electrons. The average Bonchev–Trinajstić information content (AvgIpc) is 2.15. The van der Waals surface area contributed by atoms with Crippen LogP contribution in [0.3, 0.4) is 0 Å². The monoisotopic (exact) mass is 166 g/mol. The summed E-state index contributed by atoms with van der Waals surface area (Å²) in [5.74, 6) is 1.60. The molecule has 1 unspecified atom stereocenters. The van der Waals surface area contributed by atoms with E-state index in [4.69, 9.17) is 5.26 Å². The van der Waals surface area contributed by atoms with Crippen molar-refractivity contribution in [1.29, 1.82) is 5.26 Å². The van der Waals surface area contributed by atoms with Crippen LogP contribution in [-0.4, -0.2) is 13.1 Å². The molecule has 0 aromatic heterocycles. The van der Waals surface area contributed by atoms with Crippen molar-refractivity contribution in [3.63, 3.8) is 0 Å². The minimum atomic E-state index is 0.727. The Morgan fingerprint density at radius 3 is 2.75 bits per heavy atom. The van der Waals surface area contributed by atoms with E-state index < -0.39 is 0 Å². The lowest BCUT2D eigenvalue weighted by atomic mass is 9.83. The topological polar surface area (TPSA) is 35.8 Å². The maximum atomic E-state index is 8.45. The lowest BCUT2D eigenvalue weighted by Gasteiger charge is -2.27. The molecule has 12 heavy (non-hydrogen) atoms. The van der Waals surface area contributed by atoms with Crippen molar-refractivity contribution in [2.45, 2.75) is 32.6 Å². The van der Waals surface area contributed by atoms with Crippen LogP contribution in [-0.2, 0) is 0 Å². The number of rotatable bonds is 3. The minimum Gasteiger partial charge on any atom is -0.317 e. The first-order valence-corrected chi connectivity index (χ1v) is 4.92. The Balaban J connectivity index is 2.21. The van der Waals surface area contributed by atoms with E-state index in [1.807, 2.05) is 0 Å². The Bertz CT molecular complexity index is 154. The molecule has 1 aliphatic rings. The van der Waals surface area contributed by atoms with Crippen LogP contribution in [0.1, 0.15) is 32.6 Å². The SMILES string of the molecule is CC(CCC#N)C1CCNCC1. The molecule has 0 spiro atoms. The van der Waals surface area contributed by atoms with Crippen LogP contribution >= 0.6 is 0 Å². The Labute approximate surface area is 75.0 Å². The highest BCUT2D eigenvalue weighted by molar-refractivity contribution is 4.77. The lowest BCUT2D eigenvalue weighted by molar-refractivity contribution is 0.265. The molecule has 2 heteroatoms. The third-order valence-corrected chi connectivity index (χ3v) is 2.90. The molecule has 0 bridgehead atoms. The fourth-order valence-corrected chi connectivity index (χ4v) is 1.94. The summed E-state index contributed by atoms with van der Waals surface area (Å²) in [6.07, 6.45) is 4.41. The van der Waals surface area contributed by atoms with Gasteiger partial charge in [0.2, 0.25) is 0 Å². The molecule has 0 radical (unpaired) electrons. The van der Waals surface area contributed by atoms with Gasteiger partial charge >= 0.3 is 0 Å². The number of nitriles is 1. The molecule has 0 aromatic carbocycles. The molecule has 0 amide bonds. The molecule has 1 N–H and O–H groups in total. The molecule has 1 fully saturated rings. The zero-order chi connectivity index (χ0) is 8.81. The zero-order valence-corrected chi connectivity index (χ0v) is 7.84. The van der Waals surface area contributed by atoms with Gasteiger partial charge in [-0.1, -0.05) is 6.92 Å². The first-order chi connectivity index (χ1) is 5.84. The zero-order valence-electron chi connectivity index (χ0n) is 7.84. The summed E-state index contributed by atoms with van der Waals surface area (Å²) in [5, 5.41) is 11.8. The summed E-state index contributed by atoms with van der Waals surface area (Å²) in [5.41, 5.74) is 0. The highest BCUT2D eigenvalue weighted by atomic mass is 14.9. The number of piperidine rings is 1. The molecule has 1 rings (SSSR count). The van der Waals surface area contributed by atoms with E-state index in [-0.39, 0.29) is 0 Å². The van der Waals surface area contributed by atoms with Crippen molar-refractivity contribution < 1.29 is 0 Å². The van der Waals surface area contributed by atoms with Gasteiger partial charge in [-0.15, -0.1) is 0 Å². The van der Waals surface area contributed by atoms with Crippen LogP contribution in [0.4, 0.5) is 0 Å². The van der Waals surface area contributed by atoms with Gasteiger partial charge < -0.3 is 5.32 Å². The second kappa shape index (κ2) is 5.16. The predicted molar refractivity (Wildman–Crippen MR) is 49.6 cm³/mol. The molecule has 1 atom stereocenters. The van der Waals surface area contributed by atoms with E-state index in [1.165, 1.54) is 25.9 Å². The molecule has 1 heterocycles. The Hall–Kier alpha value is -0.550. The lowest BCUT2D eigenvalue weighted by Crippen LogP contribution is -2.30. The molecular weight excluding hydrogens is 148 g/mol. The predicted octanol–water partition coefficient (Wildman–Crippen LogP) is 1.93. The van der Waals surface area contributed by atoms with E-state index >= 15 is 0 Å². The highest BCUT2D eigenvalue weighted by Crippen LogP contribution is 2.24. The fourth-order valence-electron chi connectivity index (χ4n) is 1.94. The Kier molecular flexibility index (Phi) is 4.10. The second-order valence-corrected chi connectivity index (χ2v) is 3.76. The van der Waals surface area contributed by atoms with Crippen molar-refractivity contribution in [2.24, 2.45) is 11.8 Å². The molecular formula is C10H18N2. The molecule has 1 aliphatic heterocycles. The number of nitrogens with zero attached hydrogens (tertiary/aromatic N) is 1. The van der Waals surface area contributed by atoms with Crippen LogP contribution in [0.2, 0.25) is 0 Å². The van der Waals surface area contributed by atoms with E-state index in [0.29, 0.717) is 0 Å². The van der Waals surface area contributed by atoms with Gasteiger partial charge in [-0.2, -0.15) is 5.26 Å². The summed E-state index contributed by atoms with van der Waals surface area (Å²) in [7, 11) is 0. The molecule has 2 nitrogen and oxygen atoms in total. The van der Waals surface area contributed by atoms with E-state index in [9.17, 15) is 0 Å². The highest BCUT2D eigenvalue weighted by Gasteiger charge is 2.18. The average molecular weight is 166 g/mol. The number of nitrogens with one attached hydrogen (secondary N) is 1. The van der Waals surface area contributed by atoms with Crippen molar-refractivity contribution in [3.05, 3.63) is 0 Å².